The monoisotopic (exact) mass is 597 g/mol. The van der Waals surface area contributed by atoms with Gasteiger partial charge in [-0.3, -0.25) is 19.2 Å². The fourth-order valence-corrected chi connectivity index (χ4v) is 4.84. The number of rotatable bonds is 16. The van der Waals surface area contributed by atoms with Crippen LogP contribution in [0.15, 0.2) is 48.5 Å². The first kappa shape index (κ1) is 34.7. The zero-order valence-electron chi connectivity index (χ0n) is 25.4. The molecule has 0 saturated heterocycles. The lowest BCUT2D eigenvalue weighted by molar-refractivity contribution is -0.175. The summed E-state index contributed by atoms with van der Waals surface area (Å²) < 4.78 is 21.2. The summed E-state index contributed by atoms with van der Waals surface area (Å²) in [5.41, 5.74) is -3.65. The maximum Gasteiger partial charge on any atom is 0.344 e. The Labute approximate surface area is 251 Å². The number of carbonyl (C=O) groups is 6. The van der Waals surface area contributed by atoms with Crippen LogP contribution in [0.4, 0.5) is 0 Å². The molecule has 1 N–H and O–H groups in total. The third kappa shape index (κ3) is 7.65. The highest BCUT2D eigenvalue weighted by Crippen LogP contribution is 2.44. The molecule has 232 valence electrons. The third-order valence-corrected chi connectivity index (χ3v) is 7.07. The average molecular weight is 598 g/mol. The van der Waals surface area contributed by atoms with Crippen molar-refractivity contribution >= 4 is 35.4 Å². The summed E-state index contributed by atoms with van der Waals surface area (Å²) in [5, 5.41) is 2.45. The van der Waals surface area contributed by atoms with Gasteiger partial charge in [0.2, 0.25) is 11.4 Å². The van der Waals surface area contributed by atoms with E-state index in [2.05, 4.69) is 5.32 Å². The van der Waals surface area contributed by atoms with Gasteiger partial charge in [-0.25, -0.2) is 9.59 Å². The Morgan fingerprint density at radius 3 is 1.53 bits per heavy atom. The number of Topliss-reactive ketones (excluding diaryl/α,β-unsaturated/α-hetero) is 2. The third-order valence-electron chi connectivity index (χ3n) is 7.07. The topological polar surface area (TPSA) is 151 Å². The first-order valence-corrected chi connectivity index (χ1v) is 14.2. The smallest absolute Gasteiger partial charge is 0.344 e. The Kier molecular flexibility index (Phi) is 12.6. The molecule has 0 radical (unpaired) electrons. The van der Waals surface area contributed by atoms with Crippen molar-refractivity contribution in [3.05, 3.63) is 59.7 Å². The van der Waals surface area contributed by atoms with E-state index < -0.39 is 40.6 Å². The van der Waals surface area contributed by atoms with Gasteiger partial charge in [-0.2, -0.15) is 0 Å². The second-order valence-corrected chi connectivity index (χ2v) is 9.58. The molecule has 11 nitrogen and oxygen atoms in total. The molecule has 0 aliphatic carbocycles. The van der Waals surface area contributed by atoms with Crippen molar-refractivity contribution in [3.63, 3.8) is 0 Å². The van der Waals surface area contributed by atoms with Crippen LogP contribution in [0.3, 0.4) is 0 Å². The Morgan fingerprint density at radius 1 is 0.674 bits per heavy atom. The number of hydrogen-bond donors (Lipinski definition) is 1. The molecule has 0 heterocycles. The van der Waals surface area contributed by atoms with E-state index in [0.29, 0.717) is 17.1 Å². The Bertz CT molecular complexity index is 1290. The minimum absolute atomic E-state index is 0.00120. The second kappa shape index (κ2) is 15.6. The number of benzene rings is 2. The van der Waals surface area contributed by atoms with Crippen LogP contribution in [0.2, 0.25) is 0 Å². The molecule has 0 aliphatic rings. The van der Waals surface area contributed by atoms with Crippen LogP contribution in [0, 0.1) is 5.41 Å². The molecule has 0 unspecified atom stereocenters. The molecular weight excluding hydrogens is 558 g/mol. The largest absolute Gasteiger partial charge is 0.464 e. The predicted octanol–water partition coefficient (Wildman–Crippen LogP) is 4.61. The van der Waals surface area contributed by atoms with E-state index in [9.17, 15) is 28.8 Å². The Morgan fingerprint density at radius 2 is 1.14 bits per heavy atom. The van der Waals surface area contributed by atoms with Gasteiger partial charge < -0.3 is 24.3 Å². The van der Waals surface area contributed by atoms with E-state index in [1.54, 1.807) is 71.0 Å². The molecule has 0 spiro atoms. The van der Waals surface area contributed by atoms with E-state index in [4.69, 9.17) is 18.9 Å². The number of carbonyl (C=O) groups excluding carboxylic acids is 6. The van der Waals surface area contributed by atoms with Gasteiger partial charge in [-0.1, -0.05) is 20.8 Å². The number of ether oxygens (including phenoxy) is 4. The van der Waals surface area contributed by atoms with Crippen LogP contribution in [-0.2, 0) is 33.4 Å². The van der Waals surface area contributed by atoms with Gasteiger partial charge in [-0.15, -0.1) is 0 Å². The fourth-order valence-electron chi connectivity index (χ4n) is 4.84. The first-order valence-electron chi connectivity index (χ1n) is 14.2. The van der Waals surface area contributed by atoms with Crippen molar-refractivity contribution in [1.29, 1.82) is 0 Å². The van der Waals surface area contributed by atoms with Crippen LogP contribution in [0.25, 0.3) is 0 Å². The van der Waals surface area contributed by atoms with Crippen LogP contribution in [-0.4, -0.2) is 60.7 Å². The Hall–Kier alpha value is -4.54. The van der Waals surface area contributed by atoms with Crippen molar-refractivity contribution in [2.45, 2.75) is 66.3 Å². The lowest BCUT2D eigenvalue weighted by Crippen LogP contribution is -2.72. The van der Waals surface area contributed by atoms with Crippen LogP contribution in [0.5, 0.6) is 11.5 Å². The maximum atomic E-state index is 14.2. The fraction of sp³-hybridized carbons (Fsp3) is 0.438. The van der Waals surface area contributed by atoms with E-state index in [0.717, 1.165) is 6.92 Å². The van der Waals surface area contributed by atoms with Gasteiger partial charge in [0.25, 0.3) is 0 Å². The summed E-state index contributed by atoms with van der Waals surface area (Å²) in [4.78, 5) is 77.0. The molecule has 0 aromatic heterocycles. The van der Waals surface area contributed by atoms with Gasteiger partial charge in [0.15, 0.2) is 18.2 Å². The number of amides is 1. The molecule has 0 atom stereocenters. The number of nitrogens with one attached hydrogen (secondary N) is 1. The van der Waals surface area contributed by atoms with E-state index >= 15 is 0 Å². The summed E-state index contributed by atoms with van der Waals surface area (Å²) >= 11 is 0. The lowest BCUT2D eigenvalue weighted by Gasteiger charge is -2.45. The summed E-state index contributed by atoms with van der Waals surface area (Å²) in [6.45, 7) is 8.64. The average Bonchev–Trinajstić information content (AvgIpc) is 3.00. The van der Waals surface area contributed by atoms with E-state index in [1.165, 1.54) is 12.1 Å². The molecule has 11 heteroatoms. The first-order chi connectivity index (χ1) is 20.5. The predicted molar refractivity (Wildman–Crippen MR) is 156 cm³/mol. The van der Waals surface area contributed by atoms with Gasteiger partial charge in [0.05, 0.1) is 18.6 Å². The van der Waals surface area contributed by atoms with E-state index in [-0.39, 0.29) is 50.4 Å². The molecule has 43 heavy (non-hydrogen) atoms. The quantitative estimate of drug-likeness (QED) is 0.126. The van der Waals surface area contributed by atoms with Gasteiger partial charge in [-0.05, 0) is 75.2 Å². The minimum atomic E-state index is -2.42. The standard InChI is InChI=1S/C32H39NO10/c1-7-27(36)42-20-26(35)22-12-16-24(17-13-22)43-25-18-14-23(15-19-25)28(37)31(8-2,9-3)32(33-21(6)34,29(38)40-10-4)30(39)41-11-5/h12-19H,7-11,20H2,1-6H3,(H,33,34). The van der Waals surface area contributed by atoms with Crippen LogP contribution >= 0.6 is 0 Å². The van der Waals surface area contributed by atoms with Gasteiger partial charge in [0, 0.05) is 24.5 Å². The van der Waals surface area contributed by atoms with Crippen LogP contribution in [0.1, 0.15) is 81.5 Å². The molecule has 0 fully saturated rings. The summed E-state index contributed by atoms with van der Waals surface area (Å²) in [5.74, 6) is -3.47. The van der Waals surface area contributed by atoms with E-state index in [1.807, 2.05) is 0 Å². The molecular formula is C32H39NO10. The molecule has 0 bridgehead atoms. The number of hydrogen-bond acceptors (Lipinski definition) is 10. The highest BCUT2D eigenvalue weighted by Gasteiger charge is 2.66. The van der Waals surface area contributed by atoms with Crippen molar-refractivity contribution in [1.82, 2.24) is 5.32 Å². The number of ketones is 2. The van der Waals surface area contributed by atoms with Crippen molar-refractivity contribution in [3.8, 4) is 11.5 Å². The molecule has 0 aliphatic heterocycles. The normalized spacial score (nSPS) is 11.2. The molecule has 1 amide bonds. The zero-order chi connectivity index (χ0) is 32.2. The van der Waals surface area contributed by atoms with Gasteiger partial charge >= 0.3 is 17.9 Å². The summed E-state index contributed by atoms with van der Waals surface area (Å²) in [6.07, 6.45) is 0.178. The highest BCUT2D eigenvalue weighted by atomic mass is 16.6. The highest BCUT2D eigenvalue weighted by molar-refractivity contribution is 6.16. The van der Waals surface area contributed by atoms with Gasteiger partial charge in [0.1, 0.15) is 11.5 Å². The lowest BCUT2D eigenvalue weighted by atomic mass is 9.61. The van der Waals surface area contributed by atoms with Crippen LogP contribution < -0.4 is 10.1 Å². The zero-order valence-corrected chi connectivity index (χ0v) is 25.4. The van der Waals surface area contributed by atoms with Crippen molar-refractivity contribution < 1.29 is 47.7 Å². The minimum Gasteiger partial charge on any atom is -0.464 e. The Balaban J connectivity index is 2.40. The molecule has 2 aromatic carbocycles. The molecule has 2 aromatic rings. The maximum absolute atomic E-state index is 14.2. The SMILES string of the molecule is CCOC(=O)C(NC(C)=O)(C(=O)OCC)C(CC)(CC)C(=O)c1ccc(Oc2ccc(C(=O)COC(=O)CC)cc2)cc1. The number of esters is 3. The van der Waals surface area contributed by atoms with Crippen molar-refractivity contribution in [2.24, 2.45) is 5.41 Å². The molecule has 2 rings (SSSR count). The van der Waals surface area contributed by atoms with Crippen molar-refractivity contribution in [2.75, 3.05) is 19.8 Å². The summed E-state index contributed by atoms with van der Waals surface area (Å²) in [6, 6.07) is 12.3. The molecule has 0 saturated carbocycles. The second-order valence-electron chi connectivity index (χ2n) is 9.58. The summed E-state index contributed by atoms with van der Waals surface area (Å²) in [7, 11) is 0.